The summed E-state index contributed by atoms with van der Waals surface area (Å²) in [4.78, 5) is 15.2. The molecule has 0 amide bonds. The summed E-state index contributed by atoms with van der Waals surface area (Å²) in [6, 6.07) is 7.45. The molecule has 150 valence electrons. The largest absolute Gasteiger partial charge is 0.469 e. The first-order valence-corrected chi connectivity index (χ1v) is 9.55. The normalized spacial score (nSPS) is 21.3. The van der Waals surface area contributed by atoms with E-state index < -0.39 is 12.7 Å². The number of hydrogen-bond donors (Lipinski definition) is 0. The molecule has 1 fully saturated rings. The minimum absolute atomic E-state index is 0.136. The summed E-state index contributed by atoms with van der Waals surface area (Å²) in [6.45, 7) is 2.28. The third kappa shape index (κ3) is 5.37. The van der Waals surface area contributed by atoms with Crippen LogP contribution in [-0.4, -0.2) is 56.9 Å². The summed E-state index contributed by atoms with van der Waals surface area (Å²) in [5, 5.41) is 0. The van der Waals surface area contributed by atoms with Crippen LogP contribution in [0, 0.1) is 5.92 Å². The second-order valence-corrected chi connectivity index (χ2v) is 7.61. The Bertz CT molecular complexity index is 642. The van der Waals surface area contributed by atoms with Gasteiger partial charge < -0.3 is 14.5 Å². The first kappa shape index (κ1) is 20.0. The molecule has 1 atom stereocenters. The number of carbonyl (C=O) groups excluding carboxylic acids is 1. The van der Waals surface area contributed by atoms with Crippen molar-refractivity contribution in [2.45, 2.75) is 37.8 Å². The molecule has 0 spiro atoms. The van der Waals surface area contributed by atoms with Crippen LogP contribution in [0.3, 0.4) is 0 Å². The van der Waals surface area contributed by atoms with Crippen molar-refractivity contribution in [2.75, 3.05) is 44.7 Å². The average molecular weight is 384 g/mol. The average Bonchev–Trinajstić information content (AvgIpc) is 2.97. The van der Waals surface area contributed by atoms with E-state index in [1.807, 2.05) is 12.1 Å². The molecule has 1 aromatic carbocycles. The van der Waals surface area contributed by atoms with Gasteiger partial charge in [0.15, 0.2) is 0 Å². The predicted octanol–water partition coefficient (Wildman–Crippen LogP) is 3.82. The molecule has 0 saturated carbocycles. The van der Waals surface area contributed by atoms with Gasteiger partial charge in [-0.3, -0.25) is 4.79 Å². The zero-order valence-corrected chi connectivity index (χ0v) is 15.7. The third-order valence-electron chi connectivity index (χ3n) is 5.71. The first-order chi connectivity index (χ1) is 12.9. The number of nitrogens with zero attached hydrogens (tertiary/aromatic N) is 2. The minimum Gasteiger partial charge on any atom is -0.469 e. The van der Waals surface area contributed by atoms with Gasteiger partial charge in [0.2, 0.25) is 0 Å². The van der Waals surface area contributed by atoms with Crippen molar-refractivity contribution in [2.24, 2.45) is 5.92 Å². The molecule has 0 aromatic heterocycles. The maximum absolute atomic E-state index is 12.9. The third-order valence-corrected chi connectivity index (χ3v) is 5.71. The van der Waals surface area contributed by atoms with E-state index in [0.717, 1.165) is 50.1 Å². The van der Waals surface area contributed by atoms with Crippen LogP contribution in [0.1, 0.15) is 37.2 Å². The van der Waals surface area contributed by atoms with Crippen molar-refractivity contribution in [1.29, 1.82) is 0 Å². The zero-order valence-electron chi connectivity index (χ0n) is 15.7. The SMILES string of the molecule is COC(=O)CC1CCN(CCC2CN(CC(F)(F)F)c3ccccc32)CC1. The smallest absolute Gasteiger partial charge is 0.405 e. The van der Waals surface area contributed by atoms with Crippen LogP contribution < -0.4 is 4.90 Å². The van der Waals surface area contributed by atoms with Crippen LogP contribution in [0.4, 0.5) is 18.9 Å². The predicted molar refractivity (Wildman–Crippen MR) is 97.9 cm³/mol. The van der Waals surface area contributed by atoms with Gasteiger partial charge in [0.1, 0.15) is 6.54 Å². The van der Waals surface area contributed by atoms with Crippen LogP contribution in [-0.2, 0) is 9.53 Å². The molecule has 4 nitrogen and oxygen atoms in total. The Morgan fingerprint density at radius 2 is 1.93 bits per heavy atom. The molecular weight excluding hydrogens is 357 g/mol. The Hall–Kier alpha value is -1.76. The minimum atomic E-state index is -4.19. The molecule has 1 saturated heterocycles. The number of esters is 1. The number of fused-ring (bicyclic) bond motifs is 1. The molecule has 0 aliphatic carbocycles. The van der Waals surface area contributed by atoms with Gasteiger partial charge in [0.05, 0.1) is 7.11 Å². The standard InChI is InChI=1S/C20H27F3N2O2/c1-27-19(26)12-15-6-9-24(10-7-15)11-8-16-13-25(14-20(21,22)23)18-5-3-2-4-17(16)18/h2-5,15-16H,6-14H2,1H3. The number of para-hydroxylation sites is 1. The van der Waals surface area contributed by atoms with Crippen LogP contribution in [0.15, 0.2) is 24.3 Å². The lowest BCUT2D eigenvalue weighted by Gasteiger charge is -2.32. The van der Waals surface area contributed by atoms with E-state index in [1.54, 1.807) is 12.1 Å². The van der Waals surface area contributed by atoms with Gasteiger partial charge in [-0.25, -0.2) is 0 Å². The highest BCUT2D eigenvalue weighted by atomic mass is 19.4. The lowest BCUT2D eigenvalue weighted by molar-refractivity contribution is -0.142. The maximum Gasteiger partial charge on any atom is 0.405 e. The van der Waals surface area contributed by atoms with E-state index in [4.69, 9.17) is 4.74 Å². The van der Waals surface area contributed by atoms with E-state index in [1.165, 1.54) is 12.0 Å². The maximum atomic E-state index is 12.9. The molecule has 1 aromatic rings. The molecule has 0 bridgehead atoms. The second kappa shape index (κ2) is 8.50. The summed E-state index contributed by atoms with van der Waals surface area (Å²) in [5.74, 6) is 0.361. The molecule has 7 heteroatoms. The summed E-state index contributed by atoms with van der Waals surface area (Å²) in [5.41, 5.74) is 1.75. The molecule has 2 aliphatic rings. The number of methoxy groups -OCH3 is 1. The number of carbonyl (C=O) groups is 1. The fraction of sp³-hybridized carbons (Fsp3) is 0.650. The highest BCUT2D eigenvalue weighted by molar-refractivity contribution is 5.69. The second-order valence-electron chi connectivity index (χ2n) is 7.61. The molecular formula is C20H27F3N2O2. The van der Waals surface area contributed by atoms with Gasteiger partial charge in [-0.1, -0.05) is 18.2 Å². The fourth-order valence-corrected chi connectivity index (χ4v) is 4.27. The summed E-state index contributed by atoms with van der Waals surface area (Å²) in [7, 11) is 1.42. The van der Waals surface area contributed by atoms with Crippen molar-refractivity contribution in [3.63, 3.8) is 0 Å². The molecule has 27 heavy (non-hydrogen) atoms. The lowest BCUT2D eigenvalue weighted by atomic mass is 9.92. The topological polar surface area (TPSA) is 32.8 Å². The number of likely N-dealkylation sites (tertiary alicyclic amines) is 1. The summed E-state index contributed by atoms with van der Waals surface area (Å²) in [6.07, 6.45) is -0.920. The van der Waals surface area contributed by atoms with Gasteiger partial charge in [-0.05, 0) is 56.4 Å². The molecule has 0 radical (unpaired) electrons. The van der Waals surface area contributed by atoms with Gasteiger partial charge in [-0.15, -0.1) is 0 Å². The number of piperidine rings is 1. The number of halogens is 3. The number of anilines is 1. The molecule has 3 rings (SSSR count). The van der Waals surface area contributed by atoms with Gasteiger partial charge in [0, 0.05) is 24.6 Å². The van der Waals surface area contributed by atoms with Crippen LogP contribution in [0.5, 0.6) is 0 Å². The Morgan fingerprint density at radius 3 is 2.59 bits per heavy atom. The summed E-state index contributed by atoms with van der Waals surface area (Å²) < 4.78 is 43.4. The van der Waals surface area contributed by atoms with E-state index in [9.17, 15) is 18.0 Å². The quantitative estimate of drug-likeness (QED) is 0.698. The van der Waals surface area contributed by atoms with Gasteiger partial charge >= 0.3 is 12.1 Å². The van der Waals surface area contributed by atoms with Crippen molar-refractivity contribution in [3.8, 4) is 0 Å². The Balaban J connectivity index is 1.51. The van der Waals surface area contributed by atoms with Crippen molar-refractivity contribution < 1.29 is 22.7 Å². The van der Waals surface area contributed by atoms with Crippen LogP contribution >= 0.6 is 0 Å². The highest BCUT2D eigenvalue weighted by Crippen LogP contribution is 2.39. The van der Waals surface area contributed by atoms with Crippen molar-refractivity contribution in [1.82, 2.24) is 4.90 Å². The van der Waals surface area contributed by atoms with Gasteiger partial charge in [-0.2, -0.15) is 13.2 Å². The lowest BCUT2D eigenvalue weighted by Crippen LogP contribution is -2.36. The van der Waals surface area contributed by atoms with Crippen LogP contribution in [0.25, 0.3) is 0 Å². The molecule has 0 N–H and O–H groups in total. The highest BCUT2D eigenvalue weighted by Gasteiger charge is 2.37. The molecule has 2 aliphatic heterocycles. The fourth-order valence-electron chi connectivity index (χ4n) is 4.27. The number of ether oxygens (including phenoxy) is 1. The zero-order chi connectivity index (χ0) is 19.4. The van der Waals surface area contributed by atoms with Crippen molar-refractivity contribution in [3.05, 3.63) is 29.8 Å². The number of rotatable bonds is 6. The van der Waals surface area contributed by atoms with E-state index >= 15 is 0 Å². The van der Waals surface area contributed by atoms with Gasteiger partial charge in [0.25, 0.3) is 0 Å². The summed E-state index contributed by atoms with van der Waals surface area (Å²) >= 11 is 0. The Morgan fingerprint density at radius 1 is 1.22 bits per heavy atom. The van der Waals surface area contributed by atoms with E-state index in [0.29, 0.717) is 18.9 Å². The number of hydrogen-bond acceptors (Lipinski definition) is 4. The Labute approximate surface area is 158 Å². The van der Waals surface area contributed by atoms with Crippen molar-refractivity contribution >= 4 is 11.7 Å². The van der Waals surface area contributed by atoms with Crippen LogP contribution in [0.2, 0.25) is 0 Å². The number of benzene rings is 1. The number of alkyl halides is 3. The first-order valence-electron chi connectivity index (χ1n) is 9.55. The van der Waals surface area contributed by atoms with E-state index in [-0.39, 0.29) is 11.9 Å². The molecule has 2 heterocycles. The molecule has 1 unspecified atom stereocenters. The monoisotopic (exact) mass is 384 g/mol. The Kier molecular flexibility index (Phi) is 6.29. The van der Waals surface area contributed by atoms with E-state index in [2.05, 4.69) is 4.90 Å².